The summed E-state index contributed by atoms with van der Waals surface area (Å²) < 4.78 is 9.48. The van der Waals surface area contributed by atoms with Gasteiger partial charge in [-0.3, -0.25) is 14.4 Å². The number of nitrogens with two attached hydrogens (primary N) is 1. The summed E-state index contributed by atoms with van der Waals surface area (Å²) in [5.41, 5.74) is 5.01. The molecule has 0 rings (SSSR count). The minimum atomic E-state index is -0.399. The van der Waals surface area contributed by atoms with Crippen molar-refractivity contribution in [2.75, 3.05) is 45.4 Å². The van der Waals surface area contributed by atoms with E-state index in [2.05, 4.69) is 4.74 Å². The van der Waals surface area contributed by atoms with E-state index in [0.717, 1.165) is 0 Å². The lowest BCUT2D eigenvalue weighted by molar-refractivity contribution is -0.141. The van der Waals surface area contributed by atoms with E-state index < -0.39 is 5.91 Å². The molecule has 0 spiro atoms. The molecule has 0 aromatic heterocycles. The lowest BCUT2D eigenvalue weighted by Gasteiger charge is -2.21. The van der Waals surface area contributed by atoms with Gasteiger partial charge in [-0.2, -0.15) is 11.8 Å². The Morgan fingerprint density at radius 1 is 1.15 bits per heavy atom. The van der Waals surface area contributed by atoms with Gasteiger partial charge in [-0.05, 0) is 0 Å². The summed E-state index contributed by atoms with van der Waals surface area (Å²) in [7, 11) is 2.86. The number of hydrogen-bond donors (Lipinski definition) is 1. The molecule has 0 aromatic carbocycles. The number of carbonyl (C=O) groups is 3. The van der Waals surface area contributed by atoms with Crippen LogP contribution >= 0.6 is 11.8 Å². The normalized spacial score (nSPS) is 10.1. The zero-order chi connectivity index (χ0) is 15.4. The molecule has 20 heavy (non-hydrogen) atoms. The Kier molecular flexibility index (Phi) is 10.8. The molecule has 2 amide bonds. The standard InChI is InChI=1S/C12H22N2O5S/c1-18-7-6-14(5-3-12(17)19-2)11(16)4-8-20-9-10(13)15/h3-9H2,1-2H3,(H2,13,15). The summed E-state index contributed by atoms with van der Waals surface area (Å²) in [6.45, 7) is 1.13. The van der Waals surface area contributed by atoms with Gasteiger partial charge in [0.1, 0.15) is 0 Å². The number of primary amides is 1. The van der Waals surface area contributed by atoms with Crippen LogP contribution in [-0.4, -0.2) is 68.1 Å². The predicted molar refractivity (Wildman–Crippen MR) is 76.2 cm³/mol. The maximum absolute atomic E-state index is 12.0. The maximum atomic E-state index is 12.0. The van der Waals surface area contributed by atoms with E-state index >= 15 is 0 Å². The second-order valence-corrected chi connectivity index (χ2v) is 5.07. The minimum absolute atomic E-state index is 0.0806. The Morgan fingerprint density at radius 2 is 1.85 bits per heavy atom. The molecule has 0 bridgehead atoms. The van der Waals surface area contributed by atoms with Crippen molar-refractivity contribution in [3.63, 3.8) is 0 Å². The van der Waals surface area contributed by atoms with Crippen LogP contribution in [0.1, 0.15) is 12.8 Å². The van der Waals surface area contributed by atoms with Crippen molar-refractivity contribution in [1.82, 2.24) is 4.90 Å². The molecular formula is C12H22N2O5S. The molecule has 0 atom stereocenters. The van der Waals surface area contributed by atoms with Gasteiger partial charge < -0.3 is 20.1 Å². The summed E-state index contributed by atoms with van der Waals surface area (Å²) in [6.07, 6.45) is 0.448. The molecule has 116 valence electrons. The fourth-order valence-corrected chi connectivity index (χ4v) is 2.05. The number of thioether (sulfide) groups is 1. The number of nitrogens with zero attached hydrogens (tertiary/aromatic N) is 1. The lowest BCUT2D eigenvalue weighted by atomic mass is 10.3. The van der Waals surface area contributed by atoms with Gasteiger partial charge >= 0.3 is 5.97 Å². The highest BCUT2D eigenvalue weighted by Gasteiger charge is 2.14. The van der Waals surface area contributed by atoms with Crippen LogP contribution in [0.5, 0.6) is 0 Å². The molecule has 0 fully saturated rings. The first-order chi connectivity index (χ1) is 9.51. The number of methoxy groups -OCH3 is 2. The van der Waals surface area contributed by atoms with E-state index in [1.807, 2.05) is 0 Å². The summed E-state index contributed by atoms with van der Waals surface area (Å²) in [5, 5.41) is 0. The van der Waals surface area contributed by atoms with Crippen molar-refractivity contribution < 1.29 is 23.9 Å². The third-order valence-corrected chi connectivity index (χ3v) is 3.42. The van der Waals surface area contributed by atoms with Gasteiger partial charge in [0.05, 0.1) is 25.9 Å². The topological polar surface area (TPSA) is 98.9 Å². The molecule has 0 aromatic rings. The highest BCUT2D eigenvalue weighted by atomic mass is 32.2. The predicted octanol–water partition coefficient (Wildman–Crippen LogP) is -0.367. The highest BCUT2D eigenvalue weighted by molar-refractivity contribution is 7.99. The van der Waals surface area contributed by atoms with E-state index in [9.17, 15) is 14.4 Å². The molecule has 0 saturated heterocycles. The third kappa shape index (κ3) is 9.62. The largest absolute Gasteiger partial charge is 0.469 e. The number of ether oxygens (including phenoxy) is 2. The average molecular weight is 306 g/mol. The molecule has 0 saturated carbocycles. The monoisotopic (exact) mass is 306 g/mol. The van der Waals surface area contributed by atoms with Crippen molar-refractivity contribution in [3.8, 4) is 0 Å². The Balaban J connectivity index is 4.12. The Morgan fingerprint density at radius 3 is 2.40 bits per heavy atom. The Hall–Kier alpha value is -1.28. The fourth-order valence-electron chi connectivity index (χ4n) is 1.38. The van der Waals surface area contributed by atoms with Crippen LogP contribution in [0.2, 0.25) is 0 Å². The van der Waals surface area contributed by atoms with Crippen molar-refractivity contribution in [2.45, 2.75) is 12.8 Å². The van der Waals surface area contributed by atoms with Gasteiger partial charge in [-0.25, -0.2) is 0 Å². The Labute approximate surface area is 123 Å². The van der Waals surface area contributed by atoms with E-state index in [0.29, 0.717) is 31.9 Å². The number of esters is 1. The van der Waals surface area contributed by atoms with Crippen LogP contribution in [0, 0.1) is 0 Å². The minimum Gasteiger partial charge on any atom is -0.469 e. The summed E-state index contributed by atoms with van der Waals surface area (Å²) in [6, 6.07) is 0. The van der Waals surface area contributed by atoms with E-state index in [4.69, 9.17) is 10.5 Å². The Bertz CT molecular complexity index is 325. The van der Waals surface area contributed by atoms with Gasteiger partial charge in [0.2, 0.25) is 11.8 Å². The van der Waals surface area contributed by atoms with E-state index in [-0.39, 0.29) is 24.1 Å². The van der Waals surface area contributed by atoms with Crippen LogP contribution < -0.4 is 5.73 Å². The summed E-state index contributed by atoms with van der Waals surface area (Å²) >= 11 is 1.31. The molecule has 0 aliphatic rings. The number of amides is 2. The van der Waals surface area contributed by atoms with Crippen molar-refractivity contribution in [3.05, 3.63) is 0 Å². The zero-order valence-electron chi connectivity index (χ0n) is 11.9. The molecule has 8 heteroatoms. The first-order valence-electron chi connectivity index (χ1n) is 6.20. The van der Waals surface area contributed by atoms with Gasteiger partial charge in [0, 0.05) is 32.4 Å². The van der Waals surface area contributed by atoms with Gasteiger partial charge in [0.25, 0.3) is 0 Å². The van der Waals surface area contributed by atoms with Gasteiger partial charge in [0.15, 0.2) is 0 Å². The molecule has 7 nitrogen and oxygen atoms in total. The molecular weight excluding hydrogens is 284 g/mol. The molecule has 0 aliphatic heterocycles. The molecule has 0 radical (unpaired) electrons. The van der Waals surface area contributed by atoms with Crippen LogP contribution in [0.15, 0.2) is 0 Å². The maximum Gasteiger partial charge on any atom is 0.307 e. The number of rotatable bonds is 11. The third-order valence-electron chi connectivity index (χ3n) is 2.44. The first kappa shape index (κ1) is 18.7. The lowest BCUT2D eigenvalue weighted by Crippen LogP contribution is -2.36. The molecule has 0 unspecified atom stereocenters. The van der Waals surface area contributed by atoms with Crippen molar-refractivity contribution in [2.24, 2.45) is 5.73 Å². The van der Waals surface area contributed by atoms with Crippen molar-refractivity contribution in [1.29, 1.82) is 0 Å². The molecule has 0 aliphatic carbocycles. The smallest absolute Gasteiger partial charge is 0.307 e. The van der Waals surface area contributed by atoms with Crippen molar-refractivity contribution >= 4 is 29.5 Å². The van der Waals surface area contributed by atoms with Crippen LogP contribution in [0.25, 0.3) is 0 Å². The SMILES string of the molecule is COCCN(CCC(=O)OC)C(=O)CCSCC(N)=O. The van der Waals surface area contributed by atoms with Crippen LogP contribution in [0.4, 0.5) is 0 Å². The molecule has 0 heterocycles. The molecule has 2 N–H and O–H groups in total. The van der Waals surface area contributed by atoms with Gasteiger partial charge in [-0.15, -0.1) is 0 Å². The van der Waals surface area contributed by atoms with Crippen LogP contribution in [-0.2, 0) is 23.9 Å². The summed E-state index contributed by atoms with van der Waals surface area (Å²) in [4.78, 5) is 35.2. The second-order valence-electron chi connectivity index (χ2n) is 3.97. The highest BCUT2D eigenvalue weighted by Crippen LogP contribution is 2.05. The fraction of sp³-hybridized carbons (Fsp3) is 0.750. The van der Waals surface area contributed by atoms with E-state index in [1.165, 1.54) is 18.9 Å². The van der Waals surface area contributed by atoms with Crippen LogP contribution in [0.3, 0.4) is 0 Å². The number of carbonyl (C=O) groups excluding carboxylic acids is 3. The quantitative estimate of drug-likeness (QED) is 0.413. The second kappa shape index (κ2) is 11.5. The van der Waals surface area contributed by atoms with E-state index in [1.54, 1.807) is 12.0 Å². The average Bonchev–Trinajstić information content (AvgIpc) is 2.42. The summed E-state index contributed by atoms with van der Waals surface area (Å²) in [5.74, 6) is -0.118. The van der Waals surface area contributed by atoms with Gasteiger partial charge in [-0.1, -0.05) is 0 Å². The zero-order valence-corrected chi connectivity index (χ0v) is 12.7. The number of hydrogen-bond acceptors (Lipinski definition) is 6. The first-order valence-corrected chi connectivity index (χ1v) is 7.36.